The minimum atomic E-state index is -5.25. The average Bonchev–Trinajstić information content (AvgIpc) is 3.26. The van der Waals surface area contributed by atoms with Gasteiger partial charge in [0.05, 0.1) is 5.56 Å². The number of hydrogen-bond acceptors (Lipinski definition) is 10. The monoisotopic (exact) mass is 594 g/mol. The predicted octanol–water partition coefficient (Wildman–Crippen LogP) is 2.97. The van der Waals surface area contributed by atoms with Crippen molar-refractivity contribution in [3.8, 4) is 23.3 Å². The van der Waals surface area contributed by atoms with Gasteiger partial charge in [-0.1, -0.05) is 18.2 Å². The van der Waals surface area contributed by atoms with E-state index >= 15 is 0 Å². The van der Waals surface area contributed by atoms with Crippen LogP contribution in [0.25, 0.3) is 10.1 Å². The first kappa shape index (κ1) is 29.7. The second-order valence-corrected chi connectivity index (χ2v) is 12.2. The van der Waals surface area contributed by atoms with Crippen LogP contribution in [0.2, 0.25) is 0 Å². The summed E-state index contributed by atoms with van der Waals surface area (Å²) in [6.45, 7) is -0.257. The number of sulfonamides is 1. The standard InChI is InChI=1S/C21H22F3N4O7PS2/c22-21(23,24)18-17-14(11-27)19(34-9-7-26)15(33-8-6-25)10-16(17)37-20(18)38(31,32)28-12-36(29,30)35-13-4-2-1-3-5-13/h1-5,10,28H,6-9,12,25-26H2,(H,29,30). The fraction of sp³-hybridized carbons (Fsp3) is 0.286. The highest BCUT2D eigenvalue weighted by atomic mass is 32.2. The number of nitriles is 1. The van der Waals surface area contributed by atoms with Crippen LogP contribution in [0.15, 0.2) is 40.6 Å². The molecule has 0 spiro atoms. The van der Waals surface area contributed by atoms with E-state index in [1.165, 1.54) is 24.3 Å². The van der Waals surface area contributed by atoms with Crippen LogP contribution in [0.4, 0.5) is 13.2 Å². The molecule has 1 unspecified atom stereocenters. The Balaban J connectivity index is 2.13. The third kappa shape index (κ3) is 6.75. The van der Waals surface area contributed by atoms with Crippen molar-refractivity contribution in [1.82, 2.24) is 4.72 Å². The molecule has 1 atom stereocenters. The molecule has 3 aromatic rings. The molecule has 0 bridgehead atoms. The Hall–Kier alpha value is -2.90. The molecule has 6 N–H and O–H groups in total. The van der Waals surface area contributed by atoms with Crippen LogP contribution in [0.3, 0.4) is 0 Å². The largest absolute Gasteiger partial charge is 0.488 e. The first-order chi connectivity index (χ1) is 17.8. The van der Waals surface area contributed by atoms with Gasteiger partial charge >= 0.3 is 13.8 Å². The molecule has 2 aromatic carbocycles. The minimum absolute atomic E-state index is 0.0321. The van der Waals surface area contributed by atoms with Crippen molar-refractivity contribution in [3.05, 3.63) is 47.5 Å². The molecule has 17 heteroatoms. The number of nitrogens with two attached hydrogens (primary N) is 2. The molecule has 0 saturated heterocycles. The molecule has 38 heavy (non-hydrogen) atoms. The lowest BCUT2D eigenvalue weighted by atomic mass is 10.0. The van der Waals surface area contributed by atoms with Crippen molar-refractivity contribution in [1.29, 1.82) is 5.26 Å². The number of para-hydroxylation sites is 1. The molecule has 1 aromatic heterocycles. The smallest absolute Gasteiger partial charge is 0.419 e. The number of ether oxygens (including phenoxy) is 2. The number of nitrogens with one attached hydrogen (secondary N) is 1. The summed E-state index contributed by atoms with van der Waals surface area (Å²) in [6.07, 6.45) is -6.47. The van der Waals surface area contributed by atoms with Gasteiger partial charge in [-0.2, -0.15) is 23.2 Å². The van der Waals surface area contributed by atoms with E-state index in [1.807, 2.05) is 0 Å². The van der Waals surface area contributed by atoms with E-state index in [2.05, 4.69) is 0 Å². The van der Waals surface area contributed by atoms with E-state index in [1.54, 1.807) is 16.9 Å². The molecule has 0 fully saturated rings. The van der Waals surface area contributed by atoms with E-state index in [0.717, 1.165) is 6.07 Å². The zero-order chi connectivity index (χ0) is 28.1. The molecule has 11 nitrogen and oxygen atoms in total. The van der Waals surface area contributed by atoms with Crippen LogP contribution in [0.5, 0.6) is 17.2 Å². The summed E-state index contributed by atoms with van der Waals surface area (Å²) in [5.41, 5.74) is 8.60. The van der Waals surface area contributed by atoms with Crippen LogP contribution in [-0.4, -0.2) is 45.9 Å². The fourth-order valence-corrected chi connectivity index (χ4v) is 7.58. The maximum Gasteiger partial charge on any atom is 0.419 e. The van der Waals surface area contributed by atoms with E-state index in [-0.39, 0.29) is 59.6 Å². The topological polar surface area (TPSA) is 187 Å². The van der Waals surface area contributed by atoms with Crippen LogP contribution in [0, 0.1) is 11.3 Å². The number of thiophene rings is 1. The van der Waals surface area contributed by atoms with Crippen molar-refractivity contribution >= 4 is 39.0 Å². The maximum atomic E-state index is 14.3. The van der Waals surface area contributed by atoms with Crippen LogP contribution in [-0.2, 0) is 20.8 Å². The van der Waals surface area contributed by atoms with Crippen molar-refractivity contribution in [2.24, 2.45) is 11.5 Å². The molecular weight excluding hydrogens is 572 g/mol. The number of halogens is 3. The van der Waals surface area contributed by atoms with Crippen molar-refractivity contribution < 1.29 is 45.0 Å². The van der Waals surface area contributed by atoms with E-state index in [4.69, 9.17) is 25.5 Å². The number of rotatable bonds is 12. The van der Waals surface area contributed by atoms with Crippen molar-refractivity contribution in [2.75, 3.05) is 32.6 Å². The second-order valence-electron chi connectivity index (χ2n) is 7.45. The van der Waals surface area contributed by atoms with Crippen LogP contribution in [0.1, 0.15) is 11.1 Å². The molecule has 0 amide bonds. The number of nitrogens with zero attached hydrogens (tertiary/aromatic N) is 1. The fourth-order valence-electron chi connectivity index (χ4n) is 3.24. The normalized spacial score (nSPS) is 13.6. The Morgan fingerprint density at radius 3 is 2.34 bits per heavy atom. The Bertz CT molecular complexity index is 1490. The summed E-state index contributed by atoms with van der Waals surface area (Å²) >= 11 is 0.197. The van der Waals surface area contributed by atoms with Crippen LogP contribution >= 0.6 is 18.9 Å². The molecular formula is C21H22F3N4O7PS2. The summed E-state index contributed by atoms with van der Waals surface area (Å²) < 4.78 is 97.2. The zero-order valence-corrected chi connectivity index (χ0v) is 21.9. The van der Waals surface area contributed by atoms with Gasteiger partial charge in [-0.3, -0.25) is 0 Å². The lowest BCUT2D eigenvalue weighted by Gasteiger charge is -2.16. The third-order valence-corrected chi connectivity index (χ3v) is 9.01. The SMILES string of the molecule is N#Cc1c(OCCN)c(OCCN)cc2sc(S(=O)(=O)NCP(=O)(O)Oc3ccccc3)c(C(F)(F)F)c12. The summed E-state index contributed by atoms with van der Waals surface area (Å²) in [5, 5.41) is 9.03. The maximum absolute atomic E-state index is 14.3. The zero-order valence-electron chi connectivity index (χ0n) is 19.4. The molecule has 0 aliphatic heterocycles. The van der Waals surface area contributed by atoms with Gasteiger partial charge < -0.3 is 30.4 Å². The Morgan fingerprint density at radius 1 is 1.13 bits per heavy atom. The highest BCUT2D eigenvalue weighted by Gasteiger charge is 2.43. The predicted molar refractivity (Wildman–Crippen MR) is 133 cm³/mol. The molecule has 206 valence electrons. The van der Waals surface area contributed by atoms with E-state index in [9.17, 15) is 36.3 Å². The molecule has 3 rings (SSSR count). The second kappa shape index (κ2) is 11.9. The van der Waals surface area contributed by atoms with Gasteiger partial charge in [0, 0.05) is 29.2 Å². The van der Waals surface area contributed by atoms with Gasteiger partial charge in [-0.05, 0) is 12.1 Å². The number of hydrogen-bond donors (Lipinski definition) is 4. The Morgan fingerprint density at radius 2 is 1.76 bits per heavy atom. The lowest BCUT2D eigenvalue weighted by Crippen LogP contribution is -2.27. The summed E-state index contributed by atoms with van der Waals surface area (Å²) in [6, 6.07) is 10.0. The summed E-state index contributed by atoms with van der Waals surface area (Å²) in [7, 11) is -9.70. The first-order valence-corrected chi connectivity index (χ1v) is 14.7. The number of benzene rings is 2. The van der Waals surface area contributed by atoms with Gasteiger partial charge in [0.25, 0.3) is 10.0 Å². The van der Waals surface area contributed by atoms with Gasteiger partial charge in [0.15, 0.2) is 11.5 Å². The molecule has 1 heterocycles. The Kier molecular flexibility index (Phi) is 9.26. The van der Waals surface area contributed by atoms with E-state index < -0.39 is 50.8 Å². The Labute approximate surface area is 219 Å². The number of alkyl halides is 3. The summed E-state index contributed by atoms with van der Waals surface area (Å²) in [5.74, 6) is -0.532. The molecule has 0 saturated carbocycles. The first-order valence-electron chi connectivity index (χ1n) is 10.7. The molecule has 0 radical (unpaired) electrons. The van der Waals surface area contributed by atoms with E-state index in [0.29, 0.717) is 0 Å². The number of fused-ring (bicyclic) bond motifs is 1. The highest BCUT2D eigenvalue weighted by molar-refractivity contribution is 7.92. The molecule has 0 aliphatic rings. The van der Waals surface area contributed by atoms with Gasteiger partial charge in [0.1, 0.15) is 41.1 Å². The van der Waals surface area contributed by atoms with Crippen molar-refractivity contribution in [3.63, 3.8) is 0 Å². The van der Waals surface area contributed by atoms with Gasteiger partial charge in [0.2, 0.25) is 0 Å². The third-order valence-electron chi connectivity index (χ3n) is 4.69. The minimum Gasteiger partial charge on any atom is -0.488 e. The van der Waals surface area contributed by atoms with Crippen LogP contribution < -0.4 is 30.2 Å². The summed E-state index contributed by atoms with van der Waals surface area (Å²) in [4.78, 5) is 10.1. The average molecular weight is 595 g/mol. The lowest BCUT2D eigenvalue weighted by molar-refractivity contribution is -0.138. The van der Waals surface area contributed by atoms with Gasteiger partial charge in [-0.25, -0.2) is 13.0 Å². The van der Waals surface area contributed by atoms with Gasteiger partial charge in [-0.15, -0.1) is 11.3 Å². The van der Waals surface area contributed by atoms with Crippen molar-refractivity contribution in [2.45, 2.75) is 10.4 Å². The molecule has 0 aliphatic carbocycles. The highest BCUT2D eigenvalue weighted by Crippen LogP contribution is 2.50. The quantitative estimate of drug-likeness (QED) is 0.227.